The van der Waals surface area contributed by atoms with E-state index in [-0.39, 0.29) is 4.90 Å². The summed E-state index contributed by atoms with van der Waals surface area (Å²) in [7, 11) is -2.13. The molecule has 3 aromatic rings. The molecule has 7 nitrogen and oxygen atoms in total. The van der Waals surface area contributed by atoms with Gasteiger partial charge in [0.1, 0.15) is 5.75 Å². The lowest BCUT2D eigenvalue weighted by Gasteiger charge is -2.08. The van der Waals surface area contributed by atoms with Crippen LogP contribution in [0.25, 0.3) is 10.9 Å². The highest BCUT2D eigenvalue weighted by atomic mass is 79.9. The van der Waals surface area contributed by atoms with E-state index in [9.17, 15) is 8.42 Å². The number of nitrogens with one attached hydrogen (secondary N) is 1. The molecule has 0 saturated carbocycles. The Hall–Kier alpha value is -2.23. The van der Waals surface area contributed by atoms with Crippen molar-refractivity contribution in [2.45, 2.75) is 4.90 Å². The number of fused-ring (bicyclic) bond motifs is 1. The molecule has 0 aliphatic rings. The Bertz CT molecular complexity index is 1010. The van der Waals surface area contributed by atoms with Crippen molar-refractivity contribution >= 4 is 48.5 Å². The molecule has 0 fully saturated rings. The lowest BCUT2D eigenvalue weighted by molar-refractivity contribution is 0.412. The lowest BCUT2D eigenvalue weighted by atomic mass is 10.2. The molecular formula is C15H13BrN4O3S. The van der Waals surface area contributed by atoms with Crippen LogP contribution < -0.4 is 15.2 Å². The van der Waals surface area contributed by atoms with Crippen molar-refractivity contribution in [3.8, 4) is 5.75 Å². The van der Waals surface area contributed by atoms with E-state index in [1.165, 1.54) is 12.1 Å². The molecule has 0 atom stereocenters. The van der Waals surface area contributed by atoms with Gasteiger partial charge in [0.05, 0.1) is 22.0 Å². The Kier molecular flexibility index (Phi) is 4.39. The Morgan fingerprint density at radius 1 is 1.21 bits per heavy atom. The number of sulfonamides is 1. The van der Waals surface area contributed by atoms with Crippen LogP contribution in [0.3, 0.4) is 0 Å². The highest BCUT2D eigenvalue weighted by molar-refractivity contribution is 9.10. The zero-order valence-electron chi connectivity index (χ0n) is 12.5. The number of hydrogen-bond acceptors (Lipinski definition) is 6. The van der Waals surface area contributed by atoms with Gasteiger partial charge in [0.15, 0.2) is 0 Å². The predicted molar refractivity (Wildman–Crippen MR) is 94.9 cm³/mol. The number of primary sulfonamides is 1. The Morgan fingerprint density at radius 2 is 1.92 bits per heavy atom. The maximum atomic E-state index is 11.3. The first-order valence-corrected chi connectivity index (χ1v) is 9.11. The third-order valence-electron chi connectivity index (χ3n) is 3.29. The molecule has 0 aliphatic heterocycles. The fourth-order valence-electron chi connectivity index (χ4n) is 2.11. The molecule has 0 aliphatic carbocycles. The van der Waals surface area contributed by atoms with Gasteiger partial charge in [-0.3, -0.25) is 0 Å². The number of benzene rings is 2. The van der Waals surface area contributed by atoms with Gasteiger partial charge in [-0.25, -0.2) is 23.5 Å². The largest absolute Gasteiger partial charge is 0.495 e. The number of rotatable bonds is 4. The van der Waals surface area contributed by atoms with E-state index < -0.39 is 10.0 Å². The van der Waals surface area contributed by atoms with Crippen molar-refractivity contribution in [2.24, 2.45) is 5.14 Å². The van der Waals surface area contributed by atoms with E-state index in [1.54, 1.807) is 31.5 Å². The van der Waals surface area contributed by atoms with Gasteiger partial charge in [-0.2, -0.15) is 0 Å². The fourth-order valence-corrected chi connectivity index (χ4v) is 3.14. The molecule has 24 heavy (non-hydrogen) atoms. The predicted octanol–water partition coefficient (Wildman–Crippen LogP) is 2.79. The number of anilines is 2. The van der Waals surface area contributed by atoms with E-state index in [4.69, 9.17) is 9.88 Å². The molecule has 1 aromatic heterocycles. The van der Waals surface area contributed by atoms with E-state index >= 15 is 0 Å². The molecule has 0 saturated heterocycles. The van der Waals surface area contributed by atoms with Crippen molar-refractivity contribution in [3.05, 3.63) is 47.1 Å². The third kappa shape index (κ3) is 3.48. The Morgan fingerprint density at radius 3 is 2.54 bits per heavy atom. The normalized spacial score (nSPS) is 11.5. The summed E-state index contributed by atoms with van der Waals surface area (Å²) in [5.74, 6) is 1.06. The quantitative estimate of drug-likeness (QED) is 0.686. The van der Waals surface area contributed by atoms with Crippen molar-refractivity contribution in [1.29, 1.82) is 0 Å². The monoisotopic (exact) mass is 408 g/mol. The lowest BCUT2D eigenvalue weighted by Crippen LogP contribution is -2.11. The number of ether oxygens (including phenoxy) is 1. The van der Waals surface area contributed by atoms with E-state index in [0.717, 1.165) is 9.86 Å². The number of nitrogens with zero attached hydrogens (tertiary/aromatic N) is 2. The average Bonchev–Trinajstić information content (AvgIpc) is 2.54. The van der Waals surface area contributed by atoms with Gasteiger partial charge in [0, 0.05) is 23.3 Å². The zero-order valence-corrected chi connectivity index (χ0v) is 14.9. The molecule has 0 amide bonds. The highest BCUT2D eigenvalue weighted by Crippen LogP contribution is 2.29. The van der Waals surface area contributed by atoms with Crippen LogP contribution in [0.15, 0.2) is 52.0 Å². The third-order valence-corrected chi connectivity index (χ3v) is 4.84. The minimum atomic E-state index is -3.71. The van der Waals surface area contributed by atoms with E-state index in [0.29, 0.717) is 22.9 Å². The van der Waals surface area contributed by atoms with Gasteiger partial charge >= 0.3 is 0 Å². The molecule has 0 bridgehead atoms. The zero-order chi connectivity index (χ0) is 17.3. The average molecular weight is 409 g/mol. The Labute approximate surface area is 147 Å². The summed E-state index contributed by atoms with van der Waals surface area (Å²) in [5.41, 5.74) is 1.36. The van der Waals surface area contributed by atoms with Gasteiger partial charge in [-0.15, -0.1) is 0 Å². The van der Waals surface area contributed by atoms with Gasteiger partial charge in [0.2, 0.25) is 16.0 Å². The maximum absolute atomic E-state index is 11.3. The standard InChI is InChI=1S/C15H13BrN4O3S/c1-23-14-7-13-9(6-12(14)16)8-18-15(20-13)19-10-2-4-11(5-3-10)24(17,21)22/h2-8H,1H3,(H2,17,21,22)(H,18,19,20). The molecule has 9 heteroatoms. The van der Waals surface area contributed by atoms with Gasteiger partial charge in [-0.1, -0.05) is 0 Å². The first-order chi connectivity index (χ1) is 11.4. The molecule has 1 heterocycles. The summed E-state index contributed by atoms with van der Waals surface area (Å²) in [6.07, 6.45) is 1.69. The molecule has 3 N–H and O–H groups in total. The number of halogens is 1. The van der Waals surface area contributed by atoms with Crippen molar-refractivity contribution < 1.29 is 13.2 Å². The van der Waals surface area contributed by atoms with Gasteiger partial charge < -0.3 is 10.1 Å². The van der Waals surface area contributed by atoms with E-state index in [2.05, 4.69) is 31.2 Å². The van der Waals surface area contributed by atoms with Crippen LogP contribution in [0.4, 0.5) is 11.6 Å². The first kappa shape index (κ1) is 16.6. The maximum Gasteiger partial charge on any atom is 0.238 e. The molecular weight excluding hydrogens is 396 g/mol. The molecule has 124 valence electrons. The van der Waals surface area contributed by atoms with Crippen LogP contribution in [0.1, 0.15) is 0 Å². The van der Waals surface area contributed by atoms with Gasteiger partial charge in [-0.05, 0) is 46.3 Å². The highest BCUT2D eigenvalue weighted by Gasteiger charge is 2.08. The minimum absolute atomic E-state index is 0.0436. The second-order valence-electron chi connectivity index (χ2n) is 4.93. The number of aromatic nitrogens is 2. The topological polar surface area (TPSA) is 107 Å². The summed E-state index contributed by atoms with van der Waals surface area (Å²) < 4.78 is 28.6. The minimum Gasteiger partial charge on any atom is -0.495 e. The number of nitrogens with two attached hydrogens (primary N) is 1. The molecule has 0 spiro atoms. The molecule has 2 aromatic carbocycles. The van der Waals surface area contributed by atoms with Crippen molar-refractivity contribution in [3.63, 3.8) is 0 Å². The second-order valence-corrected chi connectivity index (χ2v) is 7.35. The van der Waals surface area contributed by atoms with Crippen LogP contribution in [0.5, 0.6) is 5.75 Å². The molecule has 0 unspecified atom stereocenters. The smallest absolute Gasteiger partial charge is 0.238 e. The second kappa shape index (κ2) is 6.34. The van der Waals surface area contributed by atoms with Crippen LogP contribution in [-0.2, 0) is 10.0 Å². The number of methoxy groups -OCH3 is 1. The fraction of sp³-hybridized carbons (Fsp3) is 0.0667. The van der Waals surface area contributed by atoms with Crippen molar-refractivity contribution in [2.75, 3.05) is 12.4 Å². The van der Waals surface area contributed by atoms with Crippen LogP contribution in [0, 0.1) is 0 Å². The summed E-state index contributed by atoms with van der Waals surface area (Å²) >= 11 is 3.42. The SMILES string of the molecule is COc1cc2nc(Nc3ccc(S(N)(=O)=O)cc3)ncc2cc1Br. The van der Waals surface area contributed by atoms with Gasteiger partial charge in [0.25, 0.3) is 0 Å². The Balaban J connectivity index is 1.91. The van der Waals surface area contributed by atoms with Crippen LogP contribution in [-0.4, -0.2) is 25.5 Å². The van der Waals surface area contributed by atoms with Crippen LogP contribution >= 0.6 is 15.9 Å². The summed E-state index contributed by atoms with van der Waals surface area (Å²) in [6, 6.07) is 9.69. The summed E-state index contributed by atoms with van der Waals surface area (Å²) in [5, 5.41) is 8.95. The summed E-state index contributed by atoms with van der Waals surface area (Å²) in [4.78, 5) is 8.71. The summed E-state index contributed by atoms with van der Waals surface area (Å²) in [6.45, 7) is 0. The molecule has 0 radical (unpaired) electrons. The first-order valence-electron chi connectivity index (χ1n) is 6.77. The number of hydrogen-bond donors (Lipinski definition) is 2. The molecule has 3 rings (SSSR count). The van der Waals surface area contributed by atoms with Crippen molar-refractivity contribution in [1.82, 2.24) is 9.97 Å². The van der Waals surface area contributed by atoms with Crippen LogP contribution in [0.2, 0.25) is 0 Å². The van der Waals surface area contributed by atoms with E-state index in [1.807, 2.05) is 6.07 Å².